The number of aromatic nitrogens is 1. The maximum Gasteiger partial charge on any atom is 0.266 e. The number of benzene rings is 2. The minimum Gasteiger partial charge on any atom is -0.372 e. The van der Waals surface area contributed by atoms with Crippen molar-refractivity contribution in [3.8, 4) is 0 Å². The van der Waals surface area contributed by atoms with Crippen LogP contribution < -0.4 is 14.5 Å². The van der Waals surface area contributed by atoms with E-state index < -0.39 is 15.9 Å². The number of aryl methyl sites for hydroxylation is 1. The molecule has 0 saturated carbocycles. The number of hydrogen-bond acceptors (Lipinski definition) is 6. The highest BCUT2D eigenvalue weighted by Gasteiger charge is 2.29. The lowest BCUT2D eigenvalue weighted by Crippen LogP contribution is -2.38. The molecule has 162 valence electrons. The highest BCUT2D eigenvalue weighted by atomic mass is 32.2. The fourth-order valence-electron chi connectivity index (χ4n) is 3.59. The van der Waals surface area contributed by atoms with Gasteiger partial charge in [-0.2, -0.15) is 0 Å². The molecule has 0 spiro atoms. The van der Waals surface area contributed by atoms with Crippen molar-refractivity contribution in [2.45, 2.75) is 24.7 Å². The predicted octanol–water partition coefficient (Wildman–Crippen LogP) is 3.89. The van der Waals surface area contributed by atoms with Crippen molar-refractivity contribution in [2.75, 3.05) is 34.2 Å². The summed E-state index contributed by atoms with van der Waals surface area (Å²) in [5, 5.41) is 4.79. The molecular weight excluding hydrogens is 432 g/mol. The number of nitrogens with zero attached hydrogens (tertiary/aromatic N) is 3. The fourth-order valence-corrected chi connectivity index (χ4v) is 5.86. The molecule has 1 saturated heterocycles. The summed E-state index contributed by atoms with van der Waals surface area (Å²) in [5.41, 5.74) is 2.75. The number of hydrogen-bond donors (Lipinski definition) is 1. The number of carbonyl (C=O) groups is 1. The van der Waals surface area contributed by atoms with Gasteiger partial charge in [-0.15, -0.1) is 11.3 Å². The van der Waals surface area contributed by atoms with Crippen LogP contribution in [0.5, 0.6) is 0 Å². The third kappa shape index (κ3) is 4.72. The van der Waals surface area contributed by atoms with Crippen LogP contribution >= 0.6 is 11.3 Å². The molecule has 0 radical (unpaired) electrons. The quantitative estimate of drug-likeness (QED) is 0.583. The molecule has 9 heteroatoms. The normalized spacial score (nSPS) is 13.9. The van der Waals surface area contributed by atoms with E-state index in [1.807, 2.05) is 19.1 Å². The zero-order chi connectivity index (χ0) is 21.8. The molecule has 0 bridgehead atoms. The summed E-state index contributed by atoms with van der Waals surface area (Å²) in [6.07, 6.45) is 3.91. The topological polar surface area (TPSA) is 82.6 Å². The van der Waals surface area contributed by atoms with E-state index >= 15 is 0 Å². The van der Waals surface area contributed by atoms with Crippen LogP contribution in [0.3, 0.4) is 0 Å². The Bertz CT molecular complexity index is 1140. The summed E-state index contributed by atoms with van der Waals surface area (Å²) < 4.78 is 27.4. The summed E-state index contributed by atoms with van der Waals surface area (Å²) in [4.78, 5) is 19.4. The van der Waals surface area contributed by atoms with Crippen LogP contribution in [0.4, 0.5) is 16.5 Å². The van der Waals surface area contributed by atoms with Crippen LogP contribution in [0.25, 0.3) is 0 Å². The minimum absolute atomic E-state index is 0.115. The molecule has 4 rings (SSSR count). The van der Waals surface area contributed by atoms with E-state index in [4.69, 9.17) is 0 Å². The lowest BCUT2D eigenvalue weighted by molar-refractivity contribution is -0.114. The zero-order valence-electron chi connectivity index (χ0n) is 17.2. The highest BCUT2D eigenvalue weighted by Crippen LogP contribution is 2.27. The molecule has 1 amide bonds. The van der Waals surface area contributed by atoms with Crippen molar-refractivity contribution in [3.63, 3.8) is 0 Å². The molecule has 3 aromatic rings. The molecule has 0 aliphatic carbocycles. The van der Waals surface area contributed by atoms with Gasteiger partial charge in [-0.05, 0) is 55.7 Å². The number of amides is 1. The molecule has 0 atom stereocenters. The predicted molar refractivity (Wildman–Crippen MR) is 124 cm³/mol. The minimum atomic E-state index is -3.93. The van der Waals surface area contributed by atoms with Crippen molar-refractivity contribution >= 4 is 43.8 Å². The second-order valence-electron chi connectivity index (χ2n) is 7.38. The van der Waals surface area contributed by atoms with E-state index in [1.165, 1.54) is 42.5 Å². The van der Waals surface area contributed by atoms with Crippen LogP contribution in [-0.4, -0.2) is 38.9 Å². The van der Waals surface area contributed by atoms with Crippen LogP contribution in [0, 0.1) is 6.92 Å². The van der Waals surface area contributed by atoms with Gasteiger partial charge in [-0.1, -0.05) is 18.2 Å². The van der Waals surface area contributed by atoms with Crippen molar-refractivity contribution in [2.24, 2.45) is 0 Å². The fraction of sp³-hybridized carbons (Fsp3) is 0.273. The Labute approximate surface area is 186 Å². The van der Waals surface area contributed by atoms with Gasteiger partial charge < -0.3 is 10.2 Å². The van der Waals surface area contributed by atoms with E-state index in [0.717, 1.165) is 28.6 Å². The number of anilines is 3. The lowest BCUT2D eigenvalue weighted by atomic mass is 10.1. The first kappa shape index (κ1) is 21.3. The van der Waals surface area contributed by atoms with Crippen LogP contribution in [-0.2, 0) is 14.8 Å². The standard InChI is InChI=1S/C22H24N4O3S2/c1-17-15-18(25-12-5-6-13-25)9-10-20(17)24-21(27)16-26(22-23-11-14-30-22)31(28,29)19-7-3-2-4-8-19/h2-4,7-11,14-15H,5-6,12-13,16H2,1H3,(H,24,27). The van der Waals surface area contributed by atoms with Crippen molar-refractivity contribution in [1.82, 2.24) is 4.98 Å². The molecule has 7 nitrogen and oxygen atoms in total. The number of rotatable bonds is 7. The van der Waals surface area contributed by atoms with Gasteiger partial charge in [-0.3, -0.25) is 4.79 Å². The molecule has 0 unspecified atom stereocenters. The number of sulfonamides is 1. The SMILES string of the molecule is Cc1cc(N2CCCC2)ccc1NC(=O)CN(c1nccs1)S(=O)(=O)c1ccccc1. The molecule has 31 heavy (non-hydrogen) atoms. The van der Waals surface area contributed by atoms with Gasteiger partial charge in [0.05, 0.1) is 4.90 Å². The van der Waals surface area contributed by atoms with E-state index in [1.54, 1.807) is 23.6 Å². The second-order valence-corrected chi connectivity index (χ2v) is 10.1. The van der Waals surface area contributed by atoms with Crippen LogP contribution in [0.2, 0.25) is 0 Å². The van der Waals surface area contributed by atoms with Gasteiger partial charge in [0.2, 0.25) is 5.91 Å². The van der Waals surface area contributed by atoms with E-state index in [2.05, 4.69) is 21.3 Å². The summed E-state index contributed by atoms with van der Waals surface area (Å²) >= 11 is 1.17. The average Bonchev–Trinajstić information content (AvgIpc) is 3.48. The molecule has 1 aliphatic heterocycles. The number of carbonyl (C=O) groups excluding carboxylic acids is 1. The van der Waals surface area contributed by atoms with E-state index in [0.29, 0.717) is 5.69 Å². The summed E-state index contributed by atoms with van der Waals surface area (Å²) in [7, 11) is -3.93. The highest BCUT2D eigenvalue weighted by molar-refractivity contribution is 7.93. The molecule has 1 fully saturated rings. The Morgan fingerprint density at radius 1 is 1.16 bits per heavy atom. The van der Waals surface area contributed by atoms with E-state index in [-0.39, 0.29) is 16.6 Å². The van der Waals surface area contributed by atoms with E-state index in [9.17, 15) is 13.2 Å². The Morgan fingerprint density at radius 3 is 2.55 bits per heavy atom. The molecule has 1 aliphatic rings. The summed E-state index contributed by atoms with van der Waals surface area (Å²) in [6.45, 7) is 3.67. The van der Waals surface area contributed by atoms with Gasteiger partial charge in [0, 0.05) is 36.0 Å². The maximum absolute atomic E-state index is 13.2. The first-order valence-electron chi connectivity index (χ1n) is 10.1. The molecule has 2 aromatic carbocycles. The molecular formula is C22H24N4O3S2. The van der Waals surface area contributed by atoms with Crippen molar-refractivity contribution in [1.29, 1.82) is 0 Å². The second kappa shape index (κ2) is 9.07. The Balaban J connectivity index is 1.53. The van der Waals surface area contributed by atoms with Gasteiger partial charge in [0.15, 0.2) is 5.13 Å². The van der Waals surface area contributed by atoms with Crippen LogP contribution in [0.15, 0.2) is 65.0 Å². The van der Waals surface area contributed by atoms with Crippen LogP contribution in [0.1, 0.15) is 18.4 Å². The third-order valence-electron chi connectivity index (χ3n) is 5.21. The largest absolute Gasteiger partial charge is 0.372 e. The van der Waals surface area contributed by atoms with Gasteiger partial charge in [-0.25, -0.2) is 17.7 Å². The summed E-state index contributed by atoms with van der Waals surface area (Å²) in [5.74, 6) is -0.424. The Kier molecular flexibility index (Phi) is 6.24. The zero-order valence-corrected chi connectivity index (χ0v) is 18.8. The van der Waals surface area contributed by atoms with Gasteiger partial charge in [0.1, 0.15) is 6.54 Å². The van der Waals surface area contributed by atoms with Crippen molar-refractivity contribution in [3.05, 3.63) is 65.7 Å². The van der Waals surface area contributed by atoms with Gasteiger partial charge >= 0.3 is 0 Å². The Hall–Kier alpha value is -2.91. The molecule has 1 N–H and O–H groups in total. The molecule has 2 heterocycles. The average molecular weight is 457 g/mol. The number of nitrogens with one attached hydrogen (secondary N) is 1. The maximum atomic E-state index is 13.2. The number of thiazole rings is 1. The molecule has 1 aromatic heterocycles. The Morgan fingerprint density at radius 2 is 1.90 bits per heavy atom. The lowest BCUT2D eigenvalue weighted by Gasteiger charge is -2.22. The van der Waals surface area contributed by atoms with Crippen molar-refractivity contribution < 1.29 is 13.2 Å². The monoisotopic (exact) mass is 456 g/mol. The first-order valence-corrected chi connectivity index (χ1v) is 12.4. The summed E-state index contributed by atoms with van der Waals surface area (Å²) in [6, 6.07) is 14.0. The third-order valence-corrected chi connectivity index (χ3v) is 7.87. The first-order chi connectivity index (χ1) is 14.9. The van der Waals surface area contributed by atoms with Gasteiger partial charge in [0.25, 0.3) is 10.0 Å². The smallest absolute Gasteiger partial charge is 0.266 e.